The van der Waals surface area contributed by atoms with Crippen LogP contribution in [0.2, 0.25) is 10.0 Å². The van der Waals surface area contributed by atoms with E-state index < -0.39 is 0 Å². The molecule has 1 aliphatic rings. The third-order valence-electron chi connectivity index (χ3n) is 5.83. The highest BCUT2D eigenvalue weighted by Crippen LogP contribution is 2.36. The average molecular weight is 492 g/mol. The number of aromatic nitrogens is 2. The minimum atomic E-state index is -0.0246. The Balaban J connectivity index is 1.54. The highest BCUT2D eigenvalue weighted by Gasteiger charge is 2.35. The van der Waals surface area contributed by atoms with Crippen LogP contribution in [-0.4, -0.2) is 26.6 Å². The lowest BCUT2D eigenvalue weighted by molar-refractivity contribution is 0.0729. The Kier molecular flexibility index (Phi) is 6.31. The van der Waals surface area contributed by atoms with Crippen LogP contribution >= 0.6 is 23.2 Å². The zero-order valence-corrected chi connectivity index (χ0v) is 20.1. The van der Waals surface area contributed by atoms with E-state index in [2.05, 4.69) is 0 Å². The summed E-state index contributed by atoms with van der Waals surface area (Å²) in [5, 5.41) is 6.03. The molecule has 5 rings (SSSR count). The number of para-hydroxylation sites is 1. The van der Waals surface area contributed by atoms with E-state index in [9.17, 15) is 4.79 Å². The van der Waals surface area contributed by atoms with Gasteiger partial charge in [0, 0.05) is 21.7 Å². The maximum atomic E-state index is 13.4. The molecule has 5 nitrogen and oxygen atoms in total. The van der Waals surface area contributed by atoms with Crippen molar-refractivity contribution >= 4 is 29.1 Å². The van der Waals surface area contributed by atoms with Crippen LogP contribution in [0.1, 0.15) is 34.5 Å². The lowest BCUT2D eigenvalue weighted by Crippen LogP contribution is -2.32. The second-order valence-electron chi connectivity index (χ2n) is 8.34. The molecule has 0 saturated heterocycles. The fourth-order valence-electron chi connectivity index (χ4n) is 3.86. The molecule has 0 unspecified atom stereocenters. The van der Waals surface area contributed by atoms with Crippen molar-refractivity contribution in [2.45, 2.75) is 32.4 Å². The van der Waals surface area contributed by atoms with Gasteiger partial charge in [0.05, 0.1) is 23.5 Å². The van der Waals surface area contributed by atoms with E-state index in [0.717, 1.165) is 29.8 Å². The van der Waals surface area contributed by atoms with E-state index in [1.54, 1.807) is 28.9 Å². The number of aryl methyl sites for hydroxylation is 1. The van der Waals surface area contributed by atoms with Crippen LogP contribution in [0.3, 0.4) is 0 Å². The van der Waals surface area contributed by atoms with Crippen LogP contribution in [0.5, 0.6) is 11.6 Å². The van der Waals surface area contributed by atoms with Crippen LogP contribution < -0.4 is 4.74 Å². The number of carbonyl (C=O) groups is 1. The molecule has 0 radical (unpaired) electrons. The highest BCUT2D eigenvalue weighted by atomic mass is 35.5. The molecule has 0 aliphatic heterocycles. The first-order chi connectivity index (χ1) is 16.5. The van der Waals surface area contributed by atoms with Crippen molar-refractivity contribution in [2.24, 2.45) is 0 Å². The number of benzene rings is 3. The maximum Gasteiger partial charge on any atom is 0.254 e. The predicted octanol–water partition coefficient (Wildman–Crippen LogP) is 7.08. The van der Waals surface area contributed by atoms with Gasteiger partial charge in [-0.1, -0.05) is 41.4 Å². The quantitative estimate of drug-likeness (QED) is 0.277. The zero-order chi connectivity index (χ0) is 23.7. The van der Waals surface area contributed by atoms with Crippen molar-refractivity contribution in [1.82, 2.24) is 14.7 Å². The average Bonchev–Trinajstić information content (AvgIpc) is 3.64. The lowest BCUT2D eigenvalue weighted by Gasteiger charge is -2.23. The Morgan fingerprint density at radius 3 is 2.21 bits per heavy atom. The molecule has 1 aliphatic carbocycles. The molecule has 1 aromatic heterocycles. The molecule has 1 heterocycles. The number of amides is 1. The van der Waals surface area contributed by atoms with Crippen molar-refractivity contribution in [3.63, 3.8) is 0 Å². The number of hydrogen-bond donors (Lipinski definition) is 0. The minimum absolute atomic E-state index is 0.0246. The van der Waals surface area contributed by atoms with Gasteiger partial charge in [0.25, 0.3) is 5.91 Å². The fourth-order valence-corrected chi connectivity index (χ4v) is 4.12. The Hall–Kier alpha value is -3.28. The summed E-state index contributed by atoms with van der Waals surface area (Å²) in [6.45, 7) is 2.34. The second-order valence-corrected chi connectivity index (χ2v) is 9.22. The molecular weight excluding hydrogens is 469 g/mol. The summed E-state index contributed by atoms with van der Waals surface area (Å²) >= 11 is 12.1. The van der Waals surface area contributed by atoms with Gasteiger partial charge in [-0.25, -0.2) is 4.68 Å². The first kappa shape index (κ1) is 22.5. The predicted molar refractivity (Wildman–Crippen MR) is 134 cm³/mol. The van der Waals surface area contributed by atoms with E-state index in [1.807, 2.05) is 66.4 Å². The van der Waals surface area contributed by atoms with Gasteiger partial charge in [-0.05, 0) is 80.4 Å². The summed E-state index contributed by atoms with van der Waals surface area (Å²) in [5.41, 5.74) is 3.11. The van der Waals surface area contributed by atoms with E-state index in [1.165, 1.54) is 0 Å². The van der Waals surface area contributed by atoms with Crippen LogP contribution in [0, 0.1) is 6.92 Å². The molecule has 0 atom stereocenters. The van der Waals surface area contributed by atoms with Crippen molar-refractivity contribution in [3.05, 3.63) is 106 Å². The lowest BCUT2D eigenvalue weighted by atomic mass is 10.1. The monoisotopic (exact) mass is 491 g/mol. The van der Waals surface area contributed by atoms with Gasteiger partial charge >= 0.3 is 0 Å². The Bertz CT molecular complexity index is 1300. The van der Waals surface area contributed by atoms with Gasteiger partial charge in [0.1, 0.15) is 5.75 Å². The SMILES string of the molecule is Cc1nn(-c2ccc(Cl)cc2)c(Oc2ccccc2)c1CN(C(=O)c1ccc(Cl)cc1)C1CC1. The number of halogens is 2. The van der Waals surface area contributed by atoms with Gasteiger partial charge in [-0.2, -0.15) is 5.10 Å². The van der Waals surface area contributed by atoms with Crippen LogP contribution in [0.15, 0.2) is 78.9 Å². The standard InChI is InChI=1S/C27H23Cl2N3O2/c1-18-25(17-31(22-15-16-22)26(33)19-7-9-20(28)10-8-19)27(34-24-5-3-2-4-6-24)32(30-18)23-13-11-21(29)12-14-23/h2-14,22H,15-17H2,1H3. The van der Waals surface area contributed by atoms with Gasteiger partial charge in [0.15, 0.2) is 0 Å². The molecule has 0 N–H and O–H groups in total. The number of rotatable bonds is 7. The summed E-state index contributed by atoms with van der Waals surface area (Å²) < 4.78 is 8.13. The largest absolute Gasteiger partial charge is 0.439 e. The topological polar surface area (TPSA) is 47.4 Å². The highest BCUT2D eigenvalue weighted by molar-refractivity contribution is 6.30. The van der Waals surface area contributed by atoms with Crippen molar-refractivity contribution in [2.75, 3.05) is 0 Å². The normalized spacial score (nSPS) is 13.0. The van der Waals surface area contributed by atoms with E-state index >= 15 is 0 Å². The number of ether oxygens (including phenoxy) is 1. The first-order valence-corrected chi connectivity index (χ1v) is 11.9. The second kappa shape index (κ2) is 9.53. The van der Waals surface area contributed by atoms with Crippen LogP contribution in [0.4, 0.5) is 0 Å². The first-order valence-electron chi connectivity index (χ1n) is 11.1. The summed E-state index contributed by atoms with van der Waals surface area (Å²) in [4.78, 5) is 15.4. The van der Waals surface area contributed by atoms with Crippen LogP contribution in [0.25, 0.3) is 5.69 Å². The van der Waals surface area contributed by atoms with E-state index in [4.69, 9.17) is 33.0 Å². The Labute approximate surface area is 208 Å². The van der Waals surface area contributed by atoms with Gasteiger partial charge in [0.2, 0.25) is 5.88 Å². The molecule has 7 heteroatoms. The molecule has 172 valence electrons. The molecule has 0 bridgehead atoms. The summed E-state index contributed by atoms with van der Waals surface area (Å²) in [6, 6.07) is 24.2. The fraction of sp³-hybridized carbons (Fsp3) is 0.185. The van der Waals surface area contributed by atoms with E-state index in [-0.39, 0.29) is 11.9 Å². The molecule has 1 fully saturated rings. The molecule has 0 spiro atoms. The van der Waals surface area contributed by atoms with Crippen molar-refractivity contribution in [3.8, 4) is 17.3 Å². The molecule has 4 aromatic rings. The molecule has 3 aromatic carbocycles. The van der Waals surface area contributed by atoms with Gasteiger partial charge in [-0.15, -0.1) is 0 Å². The zero-order valence-electron chi connectivity index (χ0n) is 18.6. The number of nitrogens with zero attached hydrogens (tertiary/aromatic N) is 3. The van der Waals surface area contributed by atoms with Crippen molar-refractivity contribution < 1.29 is 9.53 Å². The molecule has 1 amide bonds. The Morgan fingerprint density at radius 1 is 0.971 bits per heavy atom. The van der Waals surface area contributed by atoms with Crippen LogP contribution in [-0.2, 0) is 6.54 Å². The summed E-state index contributed by atoms with van der Waals surface area (Å²) in [6.07, 6.45) is 1.97. The Morgan fingerprint density at radius 2 is 1.59 bits per heavy atom. The third-order valence-corrected chi connectivity index (χ3v) is 6.34. The van der Waals surface area contributed by atoms with Crippen molar-refractivity contribution in [1.29, 1.82) is 0 Å². The third kappa shape index (κ3) is 4.81. The number of carbonyl (C=O) groups excluding carboxylic acids is 1. The number of hydrogen-bond acceptors (Lipinski definition) is 3. The van der Waals surface area contributed by atoms with Gasteiger partial charge in [-0.3, -0.25) is 4.79 Å². The minimum Gasteiger partial charge on any atom is -0.439 e. The molecular formula is C27H23Cl2N3O2. The molecule has 1 saturated carbocycles. The maximum absolute atomic E-state index is 13.4. The summed E-state index contributed by atoms with van der Waals surface area (Å²) in [7, 11) is 0. The van der Waals surface area contributed by atoms with Gasteiger partial charge < -0.3 is 9.64 Å². The van der Waals surface area contributed by atoms with E-state index in [0.29, 0.717) is 33.8 Å². The smallest absolute Gasteiger partial charge is 0.254 e. The summed E-state index contributed by atoms with van der Waals surface area (Å²) in [5.74, 6) is 1.25. The molecule has 34 heavy (non-hydrogen) atoms.